The molecule has 42 heavy (non-hydrogen) atoms. The summed E-state index contributed by atoms with van der Waals surface area (Å²) in [7, 11) is 13.1. The molecule has 2 aromatic carbocycles. The molecule has 4 radical (unpaired) electrons. The van der Waals surface area contributed by atoms with Crippen molar-refractivity contribution in [3.05, 3.63) is 90.2 Å². The lowest BCUT2D eigenvalue weighted by Crippen LogP contribution is -2.24. The van der Waals surface area contributed by atoms with Gasteiger partial charge in [0.25, 0.3) is 0 Å². The average Bonchev–Trinajstić information content (AvgIpc) is 3.36. The van der Waals surface area contributed by atoms with Crippen molar-refractivity contribution < 1.29 is 0 Å². The zero-order chi connectivity index (χ0) is 30.0. The van der Waals surface area contributed by atoms with Gasteiger partial charge in [-0.1, -0.05) is 46.4 Å². The Morgan fingerprint density at radius 2 is 0.976 bits per heavy atom. The minimum Gasteiger partial charge on any atom is -0.399 e. The molecular formula is C28H12B2Cl4N8. The number of nitrogens with zero attached hydrogens (tertiary/aromatic N) is 8. The van der Waals surface area contributed by atoms with Crippen LogP contribution in [0.15, 0.2) is 36.7 Å². The van der Waals surface area contributed by atoms with Crippen LogP contribution in [0.2, 0.25) is 20.1 Å². The molecule has 6 rings (SSSR count). The van der Waals surface area contributed by atoms with E-state index >= 15 is 0 Å². The number of halogens is 4. The first-order valence-electron chi connectivity index (χ1n) is 12.1. The second-order valence-electron chi connectivity index (χ2n) is 9.35. The number of fused-ring (bicyclic) bond motifs is 3. The summed E-state index contributed by atoms with van der Waals surface area (Å²) in [5.41, 5.74) is 3.83. The lowest BCUT2D eigenvalue weighted by atomic mass is 10.1. The quantitative estimate of drug-likeness (QED) is 0.255. The average molecular weight is 624 g/mol. The highest BCUT2D eigenvalue weighted by Crippen LogP contribution is 2.28. The van der Waals surface area contributed by atoms with Gasteiger partial charge in [0, 0.05) is 22.2 Å². The van der Waals surface area contributed by atoms with E-state index in [-0.39, 0.29) is 22.5 Å². The van der Waals surface area contributed by atoms with E-state index in [2.05, 4.69) is 32.1 Å². The summed E-state index contributed by atoms with van der Waals surface area (Å²) in [4.78, 5) is 18.1. The van der Waals surface area contributed by atoms with Crippen LogP contribution in [-0.4, -0.2) is 44.9 Å². The van der Waals surface area contributed by atoms with E-state index in [1.807, 2.05) is 0 Å². The molecule has 0 bridgehead atoms. The Labute approximate surface area is 260 Å². The van der Waals surface area contributed by atoms with E-state index in [0.717, 1.165) is 0 Å². The summed E-state index contributed by atoms with van der Waals surface area (Å²) in [5.74, 6) is 0. The molecule has 0 atom stereocenters. The summed E-state index contributed by atoms with van der Waals surface area (Å²) in [5, 5.41) is 23.8. The maximum atomic E-state index is 10.3. The first-order valence-corrected chi connectivity index (χ1v) is 13.6. The van der Waals surface area contributed by atoms with Gasteiger partial charge in [-0.05, 0) is 38.1 Å². The van der Waals surface area contributed by atoms with Crippen molar-refractivity contribution in [2.75, 3.05) is 0 Å². The normalized spacial score (nSPS) is 13.0. The van der Waals surface area contributed by atoms with Crippen molar-refractivity contribution in [2.24, 2.45) is 0 Å². The fraction of sp³-hybridized carbons (Fsp3) is 0.0714. The van der Waals surface area contributed by atoms with Crippen molar-refractivity contribution in [1.29, 1.82) is 10.5 Å². The number of aromatic nitrogens is 6. The van der Waals surface area contributed by atoms with E-state index in [1.54, 1.807) is 38.1 Å². The number of nitriles is 2. The summed E-state index contributed by atoms with van der Waals surface area (Å²) in [6.45, 7) is 3.53. The van der Waals surface area contributed by atoms with Crippen molar-refractivity contribution >= 4 is 106 Å². The monoisotopic (exact) mass is 622 g/mol. The molecule has 198 valence electrons. The zero-order valence-corrected chi connectivity index (χ0v) is 24.7. The first kappa shape index (κ1) is 28.1. The minimum atomic E-state index is 0.145. The van der Waals surface area contributed by atoms with Crippen LogP contribution in [-0.2, 0) is 0 Å². The Balaban J connectivity index is 1.72. The van der Waals surface area contributed by atoms with Crippen molar-refractivity contribution in [2.45, 2.75) is 13.8 Å². The van der Waals surface area contributed by atoms with Crippen LogP contribution in [0.5, 0.6) is 0 Å². The highest BCUT2D eigenvalue weighted by molar-refractivity contribution is 6.43. The third-order valence-electron chi connectivity index (χ3n) is 7.03. The molecule has 6 aromatic rings. The van der Waals surface area contributed by atoms with Crippen molar-refractivity contribution in [1.82, 2.24) is 28.9 Å². The second-order valence-corrected chi connectivity index (χ2v) is 11.0. The molecule has 0 saturated carbocycles. The number of hydrogen-bond donors (Lipinski definition) is 0. The number of hydrogen-bond acceptors (Lipinski definition) is 6. The number of rotatable bonds is 2. The van der Waals surface area contributed by atoms with E-state index in [9.17, 15) is 10.5 Å². The highest BCUT2D eigenvalue weighted by atomic mass is 35.5. The van der Waals surface area contributed by atoms with E-state index in [1.165, 1.54) is 21.3 Å². The third-order valence-corrected chi connectivity index (χ3v) is 8.47. The predicted octanol–water partition coefficient (Wildman–Crippen LogP) is 4.87. The first-order chi connectivity index (χ1) is 20.0. The van der Waals surface area contributed by atoms with E-state index in [0.29, 0.717) is 75.0 Å². The van der Waals surface area contributed by atoms with Gasteiger partial charge in [0.1, 0.15) is 34.7 Å². The van der Waals surface area contributed by atoms with Crippen LogP contribution < -0.4 is 10.7 Å². The summed E-state index contributed by atoms with van der Waals surface area (Å²) in [6.07, 6.45) is 2.92. The fourth-order valence-corrected chi connectivity index (χ4v) is 5.60. The van der Waals surface area contributed by atoms with Crippen molar-refractivity contribution in [3.8, 4) is 12.1 Å². The van der Waals surface area contributed by atoms with Gasteiger partial charge in [-0.15, -0.1) is 0 Å². The van der Waals surface area contributed by atoms with Gasteiger partial charge in [0.05, 0.1) is 65.2 Å². The Hall–Kier alpha value is -4.05. The maximum Gasteiger partial charge on any atom is 0.234 e. The highest BCUT2D eigenvalue weighted by Gasteiger charge is 2.22. The molecule has 14 heteroatoms. The van der Waals surface area contributed by atoms with Gasteiger partial charge in [-0.2, -0.15) is 10.5 Å². The molecule has 0 aliphatic heterocycles. The second kappa shape index (κ2) is 10.3. The molecule has 0 amide bonds. The van der Waals surface area contributed by atoms with Crippen LogP contribution in [0.1, 0.15) is 22.8 Å². The standard InChI is InChI=1S/C28H12B2Cl4N8/c1-11-25-26(28(41(11)29)14(8-36)24-10-38-20-4-16(32)18(34)6-22(20)40-24)12(2)42(30)27(25)13(7-35)23-9-37-19-3-15(31)17(33)5-21(19)39-23/h3-6,9-10H,1-2H3/b27-13-,28-14-. The summed E-state index contributed by atoms with van der Waals surface area (Å²) >= 11 is 24.6. The topological polar surface area (TPSA) is 109 Å². The van der Waals surface area contributed by atoms with Gasteiger partial charge in [-0.25, -0.2) is 9.97 Å². The van der Waals surface area contributed by atoms with Gasteiger partial charge in [-0.3, -0.25) is 9.97 Å². The van der Waals surface area contributed by atoms with E-state index < -0.39 is 0 Å². The fourth-order valence-electron chi connectivity index (χ4n) is 4.97. The Kier molecular flexibility index (Phi) is 6.92. The molecule has 0 spiro atoms. The zero-order valence-electron chi connectivity index (χ0n) is 21.7. The van der Waals surface area contributed by atoms with Gasteiger partial charge >= 0.3 is 0 Å². The lowest BCUT2D eigenvalue weighted by Gasteiger charge is -2.07. The SMILES string of the molecule is [B]n1c(C)c2/c(=C(\C#N)c3cnc4cc(Cl)c(Cl)cc4n3)n([B])c(C)c2/c1=C(\C#N)c1cnc2cc(Cl)c(Cl)cc2n1. The molecule has 0 aliphatic carbocycles. The molecule has 0 aliphatic rings. The Morgan fingerprint density at radius 1 is 0.643 bits per heavy atom. The van der Waals surface area contributed by atoms with Crippen LogP contribution in [0.4, 0.5) is 0 Å². The molecule has 0 fully saturated rings. The Morgan fingerprint density at radius 3 is 1.31 bits per heavy atom. The molecule has 8 nitrogen and oxygen atoms in total. The third kappa shape index (κ3) is 4.22. The molecule has 0 unspecified atom stereocenters. The summed E-state index contributed by atoms with van der Waals surface area (Å²) < 4.78 is 2.76. The maximum absolute atomic E-state index is 10.3. The largest absolute Gasteiger partial charge is 0.399 e. The molecular weight excluding hydrogens is 612 g/mol. The van der Waals surface area contributed by atoms with Crippen LogP contribution in [0.3, 0.4) is 0 Å². The van der Waals surface area contributed by atoms with Crippen LogP contribution in [0, 0.1) is 36.5 Å². The van der Waals surface area contributed by atoms with Gasteiger partial charge < -0.3 is 8.96 Å². The molecule has 0 saturated heterocycles. The van der Waals surface area contributed by atoms with Crippen molar-refractivity contribution in [3.63, 3.8) is 0 Å². The van der Waals surface area contributed by atoms with E-state index in [4.69, 9.17) is 62.4 Å². The summed E-state index contributed by atoms with van der Waals surface area (Å²) in [6, 6.07) is 10.8. The van der Waals surface area contributed by atoms with Gasteiger partial charge in [0.2, 0.25) is 16.0 Å². The lowest BCUT2D eigenvalue weighted by molar-refractivity contribution is 1.07. The predicted molar refractivity (Wildman–Crippen MR) is 166 cm³/mol. The van der Waals surface area contributed by atoms with Crippen LogP contribution in [0.25, 0.3) is 44.0 Å². The molecule has 4 aromatic heterocycles. The Bertz CT molecular complexity index is 2220. The minimum absolute atomic E-state index is 0.145. The van der Waals surface area contributed by atoms with Crippen LogP contribution >= 0.6 is 46.4 Å². The van der Waals surface area contributed by atoms with Gasteiger partial charge in [0.15, 0.2) is 0 Å². The molecule has 0 N–H and O–H groups in total. The number of aryl methyl sites for hydroxylation is 2. The number of benzene rings is 2. The smallest absolute Gasteiger partial charge is 0.234 e. The molecule has 4 heterocycles.